The number of halogens is 1. The minimum atomic E-state index is 0.941. The Morgan fingerprint density at radius 2 is 2.36 bits per heavy atom. The van der Waals surface area contributed by atoms with Crippen molar-refractivity contribution in [1.29, 1.82) is 0 Å². The Bertz CT molecular complexity index is 268. The lowest BCUT2D eigenvalue weighted by Crippen LogP contribution is -2.03. The summed E-state index contributed by atoms with van der Waals surface area (Å²) in [7, 11) is 0. The van der Waals surface area contributed by atoms with E-state index in [9.17, 15) is 0 Å². The third kappa shape index (κ3) is 4.33. The van der Waals surface area contributed by atoms with Gasteiger partial charge in [0.25, 0.3) is 0 Å². The van der Waals surface area contributed by atoms with Gasteiger partial charge in [-0.25, -0.2) is 4.98 Å². The second-order valence-electron chi connectivity index (χ2n) is 2.96. The minimum absolute atomic E-state index is 0.941. The molecule has 1 heterocycles. The van der Waals surface area contributed by atoms with Crippen LogP contribution in [0.5, 0.6) is 0 Å². The molecule has 0 aliphatic carbocycles. The zero-order valence-corrected chi connectivity index (χ0v) is 10.7. The molecule has 14 heavy (non-hydrogen) atoms. The Kier molecular flexibility index (Phi) is 6.03. The Hall–Kier alpha value is -0.220. The van der Waals surface area contributed by atoms with Gasteiger partial charge < -0.3 is 5.32 Å². The maximum absolute atomic E-state index is 4.23. The van der Waals surface area contributed by atoms with E-state index in [0.717, 1.165) is 16.8 Å². The van der Waals surface area contributed by atoms with Crippen molar-refractivity contribution in [1.82, 2.24) is 4.98 Å². The molecule has 0 aliphatic rings. The quantitative estimate of drug-likeness (QED) is 0.805. The summed E-state index contributed by atoms with van der Waals surface area (Å²) in [5.41, 5.74) is 0. The summed E-state index contributed by atoms with van der Waals surface area (Å²) in [5, 5.41) is 3.30. The van der Waals surface area contributed by atoms with Crippen LogP contribution in [-0.4, -0.2) is 23.5 Å². The average Bonchev–Trinajstić information content (AvgIpc) is 2.20. The van der Waals surface area contributed by atoms with Gasteiger partial charge in [-0.15, -0.1) is 0 Å². The zero-order chi connectivity index (χ0) is 10.2. The second kappa shape index (κ2) is 7.12. The van der Waals surface area contributed by atoms with Crippen LogP contribution in [0.4, 0.5) is 5.82 Å². The molecule has 1 N–H and O–H groups in total. The van der Waals surface area contributed by atoms with E-state index < -0.39 is 0 Å². The van der Waals surface area contributed by atoms with Crippen LogP contribution >= 0.6 is 27.7 Å². The maximum atomic E-state index is 4.23. The van der Waals surface area contributed by atoms with Crippen molar-refractivity contribution >= 4 is 33.5 Å². The van der Waals surface area contributed by atoms with Crippen molar-refractivity contribution in [3.63, 3.8) is 0 Å². The van der Waals surface area contributed by atoms with Crippen molar-refractivity contribution in [2.24, 2.45) is 0 Å². The van der Waals surface area contributed by atoms with Crippen LogP contribution in [0.3, 0.4) is 0 Å². The topological polar surface area (TPSA) is 24.9 Å². The molecule has 0 spiro atoms. The largest absolute Gasteiger partial charge is 0.369 e. The van der Waals surface area contributed by atoms with Crippen LogP contribution in [-0.2, 0) is 0 Å². The highest BCUT2D eigenvalue weighted by molar-refractivity contribution is 9.10. The normalized spacial score (nSPS) is 10.1. The Balaban J connectivity index is 2.21. The Morgan fingerprint density at radius 1 is 1.50 bits per heavy atom. The summed E-state index contributed by atoms with van der Waals surface area (Å²) in [4.78, 5) is 4.23. The zero-order valence-electron chi connectivity index (χ0n) is 8.29. The van der Waals surface area contributed by atoms with E-state index in [-0.39, 0.29) is 0 Å². The number of rotatable bonds is 6. The first kappa shape index (κ1) is 11.9. The molecule has 1 aromatic rings. The third-order valence-corrected chi connectivity index (χ3v) is 3.16. The summed E-state index contributed by atoms with van der Waals surface area (Å²) in [6.45, 7) is 0.996. The third-order valence-electron chi connectivity index (χ3n) is 1.83. The minimum Gasteiger partial charge on any atom is -0.369 e. The van der Waals surface area contributed by atoms with Gasteiger partial charge in [0.1, 0.15) is 5.82 Å². The van der Waals surface area contributed by atoms with Gasteiger partial charge in [0.05, 0.1) is 4.47 Å². The number of unbranched alkanes of at least 4 members (excludes halogenated alkanes) is 1. The highest BCUT2D eigenvalue weighted by atomic mass is 79.9. The molecule has 1 rings (SSSR count). The molecule has 0 amide bonds. The van der Waals surface area contributed by atoms with E-state index in [2.05, 4.69) is 32.5 Å². The number of aromatic nitrogens is 1. The van der Waals surface area contributed by atoms with Crippen LogP contribution in [0.2, 0.25) is 0 Å². The molecule has 0 aromatic carbocycles. The van der Waals surface area contributed by atoms with Crippen molar-refractivity contribution in [3.8, 4) is 0 Å². The van der Waals surface area contributed by atoms with E-state index in [1.807, 2.05) is 23.9 Å². The Morgan fingerprint density at radius 3 is 3.07 bits per heavy atom. The molecule has 0 saturated heterocycles. The number of hydrogen-bond acceptors (Lipinski definition) is 3. The van der Waals surface area contributed by atoms with Gasteiger partial charge in [0.15, 0.2) is 0 Å². The van der Waals surface area contributed by atoms with Crippen LogP contribution < -0.4 is 5.32 Å². The summed E-state index contributed by atoms with van der Waals surface area (Å²) < 4.78 is 1.03. The van der Waals surface area contributed by atoms with E-state index in [4.69, 9.17) is 0 Å². The van der Waals surface area contributed by atoms with Gasteiger partial charge in [0.2, 0.25) is 0 Å². The number of thioether (sulfide) groups is 1. The van der Waals surface area contributed by atoms with Gasteiger partial charge in [-0.2, -0.15) is 11.8 Å². The van der Waals surface area contributed by atoms with E-state index in [0.29, 0.717) is 0 Å². The monoisotopic (exact) mass is 274 g/mol. The number of anilines is 1. The van der Waals surface area contributed by atoms with Gasteiger partial charge in [0, 0.05) is 12.7 Å². The van der Waals surface area contributed by atoms with Crippen molar-refractivity contribution in [2.75, 3.05) is 23.9 Å². The molecule has 0 saturated carbocycles. The number of pyridine rings is 1. The first-order valence-corrected chi connectivity index (χ1v) is 6.86. The number of nitrogens with zero attached hydrogens (tertiary/aromatic N) is 1. The molecule has 0 bridgehead atoms. The van der Waals surface area contributed by atoms with E-state index in [1.54, 1.807) is 6.20 Å². The molecule has 4 heteroatoms. The van der Waals surface area contributed by atoms with Crippen molar-refractivity contribution in [3.05, 3.63) is 22.8 Å². The molecule has 1 aromatic heterocycles. The maximum Gasteiger partial charge on any atom is 0.140 e. The molecule has 0 atom stereocenters. The summed E-state index contributed by atoms with van der Waals surface area (Å²) in [6.07, 6.45) is 6.40. The number of nitrogens with one attached hydrogen (secondary N) is 1. The lowest BCUT2D eigenvalue weighted by molar-refractivity contribution is 0.839. The fourth-order valence-corrected chi connectivity index (χ4v) is 1.98. The van der Waals surface area contributed by atoms with E-state index in [1.165, 1.54) is 18.6 Å². The smallest absolute Gasteiger partial charge is 0.140 e. The first-order valence-electron chi connectivity index (χ1n) is 4.68. The predicted octanol–water partition coefficient (Wildman–Crippen LogP) is 3.40. The molecular weight excluding hydrogens is 260 g/mol. The molecule has 2 nitrogen and oxygen atoms in total. The highest BCUT2D eigenvalue weighted by Gasteiger charge is 1.97. The second-order valence-corrected chi connectivity index (χ2v) is 4.80. The van der Waals surface area contributed by atoms with Gasteiger partial charge in [-0.05, 0) is 52.9 Å². The molecular formula is C10H15BrN2S. The summed E-state index contributed by atoms with van der Waals surface area (Å²) >= 11 is 5.35. The molecule has 0 aliphatic heterocycles. The van der Waals surface area contributed by atoms with Crippen LogP contribution in [0.1, 0.15) is 12.8 Å². The van der Waals surface area contributed by atoms with Crippen LogP contribution in [0.25, 0.3) is 0 Å². The highest BCUT2D eigenvalue weighted by Crippen LogP contribution is 2.18. The molecule has 0 unspecified atom stereocenters. The van der Waals surface area contributed by atoms with Gasteiger partial charge in [-0.1, -0.05) is 0 Å². The molecule has 78 valence electrons. The van der Waals surface area contributed by atoms with Gasteiger partial charge >= 0.3 is 0 Å². The Labute approximate surface area is 98.0 Å². The van der Waals surface area contributed by atoms with Crippen LogP contribution in [0.15, 0.2) is 22.8 Å². The van der Waals surface area contributed by atoms with Crippen molar-refractivity contribution < 1.29 is 0 Å². The van der Waals surface area contributed by atoms with Crippen molar-refractivity contribution in [2.45, 2.75) is 12.8 Å². The summed E-state index contributed by atoms with van der Waals surface area (Å²) in [5.74, 6) is 2.18. The van der Waals surface area contributed by atoms with Gasteiger partial charge in [-0.3, -0.25) is 0 Å². The average molecular weight is 275 g/mol. The van der Waals surface area contributed by atoms with E-state index >= 15 is 0 Å². The molecule has 0 radical (unpaired) electrons. The van der Waals surface area contributed by atoms with Crippen LogP contribution in [0, 0.1) is 0 Å². The standard InChI is InChI=1S/C10H15BrN2S/c1-14-8-3-2-6-12-10-9(11)5-4-7-13-10/h4-5,7H,2-3,6,8H2,1H3,(H,12,13). The lowest BCUT2D eigenvalue weighted by Gasteiger charge is -2.06. The fourth-order valence-electron chi connectivity index (χ4n) is 1.09. The summed E-state index contributed by atoms with van der Waals surface area (Å²) in [6, 6.07) is 3.92. The first-order chi connectivity index (χ1) is 6.84. The lowest BCUT2D eigenvalue weighted by atomic mass is 10.3. The SMILES string of the molecule is CSCCCCNc1ncccc1Br. The fraction of sp³-hybridized carbons (Fsp3) is 0.500. The predicted molar refractivity (Wildman–Crippen MR) is 68.0 cm³/mol. The molecule has 0 fully saturated rings. The number of hydrogen-bond donors (Lipinski definition) is 1.